The standard InChI is InChI=1S/C12H17ClN2O4S/c1-8-5-15(6-10(7-16)19-8)20(17,18)12-4-9(13)2-3-11(12)14/h2-4,8,10,16H,5-7,14H2,1H3. The number of hydrogen-bond donors (Lipinski definition) is 2. The minimum Gasteiger partial charge on any atom is -0.398 e. The molecule has 0 radical (unpaired) electrons. The van der Waals surface area contributed by atoms with Crippen LogP contribution in [0.4, 0.5) is 5.69 Å². The van der Waals surface area contributed by atoms with Crippen LogP contribution in [0.2, 0.25) is 5.02 Å². The molecule has 20 heavy (non-hydrogen) atoms. The van der Waals surface area contributed by atoms with Gasteiger partial charge in [-0.2, -0.15) is 4.31 Å². The molecule has 0 spiro atoms. The van der Waals surface area contributed by atoms with Gasteiger partial charge in [-0.3, -0.25) is 0 Å². The molecule has 1 heterocycles. The Bertz CT molecular complexity index is 593. The maximum Gasteiger partial charge on any atom is 0.245 e. The molecular weight excluding hydrogens is 304 g/mol. The number of aliphatic hydroxyl groups is 1. The summed E-state index contributed by atoms with van der Waals surface area (Å²) in [5.41, 5.74) is 5.89. The molecule has 8 heteroatoms. The van der Waals surface area contributed by atoms with E-state index in [9.17, 15) is 8.42 Å². The van der Waals surface area contributed by atoms with Gasteiger partial charge in [-0.05, 0) is 25.1 Å². The zero-order chi connectivity index (χ0) is 14.9. The lowest BCUT2D eigenvalue weighted by atomic mass is 10.2. The molecule has 1 aromatic carbocycles. The van der Waals surface area contributed by atoms with Gasteiger partial charge in [0.05, 0.1) is 24.5 Å². The number of ether oxygens (including phenoxy) is 1. The van der Waals surface area contributed by atoms with Gasteiger partial charge in [0, 0.05) is 18.1 Å². The van der Waals surface area contributed by atoms with Crippen LogP contribution in [0.1, 0.15) is 6.92 Å². The second kappa shape index (κ2) is 5.87. The van der Waals surface area contributed by atoms with E-state index in [0.29, 0.717) is 5.02 Å². The third-order valence-corrected chi connectivity index (χ3v) is 5.21. The lowest BCUT2D eigenvalue weighted by Gasteiger charge is -2.35. The smallest absolute Gasteiger partial charge is 0.245 e. The number of halogens is 1. The van der Waals surface area contributed by atoms with Crippen LogP contribution >= 0.6 is 11.6 Å². The van der Waals surface area contributed by atoms with Crippen molar-refractivity contribution in [3.8, 4) is 0 Å². The summed E-state index contributed by atoms with van der Waals surface area (Å²) in [4.78, 5) is -0.0178. The van der Waals surface area contributed by atoms with E-state index < -0.39 is 16.1 Å². The van der Waals surface area contributed by atoms with Gasteiger partial charge in [0.25, 0.3) is 0 Å². The molecule has 0 bridgehead atoms. The fourth-order valence-corrected chi connectivity index (χ4v) is 4.10. The van der Waals surface area contributed by atoms with E-state index >= 15 is 0 Å². The van der Waals surface area contributed by atoms with Gasteiger partial charge in [0.1, 0.15) is 4.90 Å². The first kappa shape index (κ1) is 15.5. The first-order valence-electron chi connectivity index (χ1n) is 6.16. The molecule has 3 N–H and O–H groups in total. The third kappa shape index (κ3) is 3.07. The number of anilines is 1. The molecule has 0 amide bonds. The first-order valence-corrected chi connectivity index (χ1v) is 7.98. The minimum atomic E-state index is -3.76. The quantitative estimate of drug-likeness (QED) is 0.799. The number of sulfonamides is 1. The summed E-state index contributed by atoms with van der Waals surface area (Å²) in [6.07, 6.45) is -0.829. The van der Waals surface area contributed by atoms with E-state index in [1.165, 1.54) is 22.5 Å². The highest BCUT2D eigenvalue weighted by molar-refractivity contribution is 7.89. The summed E-state index contributed by atoms with van der Waals surface area (Å²) in [6.45, 7) is 1.83. The molecule has 6 nitrogen and oxygen atoms in total. The van der Waals surface area contributed by atoms with E-state index in [1.807, 2.05) is 0 Å². The lowest BCUT2D eigenvalue weighted by molar-refractivity contribution is -0.0750. The molecule has 0 aliphatic carbocycles. The van der Waals surface area contributed by atoms with Gasteiger partial charge in [-0.25, -0.2) is 8.42 Å². The number of hydrogen-bond acceptors (Lipinski definition) is 5. The Hall–Kier alpha value is -0.860. The largest absolute Gasteiger partial charge is 0.398 e. The molecule has 2 unspecified atom stereocenters. The normalized spacial score (nSPS) is 24.8. The van der Waals surface area contributed by atoms with Crippen LogP contribution in [0.15, 0.2) is 23.1 Å². The van der Waals surface area contributed by atoms with Crippen LogP contribution in [-0.2, 0) is 14.8 Å². The highest BCUT2D eigenvalue weighted by Gasteiger charge is 2.34. The summed E-state index contributed by atoms with van der Waals surface area (Å²) < 4.78 is 31.9. The highest BCUT2D eigenvalue weighted by Crippen LogP contribution is 2.27. The molecule has 0 saturated carbocycles. The molecular formula is C12H17ClN2O4S. The zero-order valence-corrected chi connectivity index (χ0v) is 12.6. The van der Waals surface area contributed by atoms with E-state index in [-0.39, 0.29) is 36.4 Å². The Morgan fingerprint density at radius 1 is 1.50 bits per heavy atom. The molecule has 2 atom stereocenters. The van der Waals surface area contributed by atoms with Gasteiger partial charge in [0.15, 0.2) is 0 Å². The van der Waals surface area contributed by atoms with E-state index in [0.717, 1.165) is 0 Å². The second-order valence-electron chi connectivity index (χ2n) is 4.76. The summed E-state index contributed by atoms with van der Waals surface area (Å²) in [7, 11) is -3.76. The van der Waals surface area contributed by atoms with Gasteiger partial charge < -0.3 is 15.6 Å². The van der Waals surface area contributed by atoms with Crippen molar-refractivity contribution in [1.29, 1.82) is 0 Å². The fraction of sp³-hybridized carbons (Fsp3) is 0.500. The third-order valence-electron chi connectivity index (χ3n) is 3.09. The summed E-state index contributed by atoms with van der Waals surface area (Å²) >= 11 is 5.84. The van der Waals surface area contributed by atoms with Crippen molar-refractivity contribution in [2.45, 2.75) is 24.0 Å². The molecule has 0 aromatic heterocycles. The van der Waals surface area contributed by atoms with Crippen molar-refractivity contribution < 1.29 is 18.3 Å². The summed E-state index contributed by atoms with van der Waals surface area (Å²) in [6, 6.07) is 4.33. The van der Waals surface area contributed by atoms with E-state index in [1.54, 1.807) is 6.92 Å². The molecule has 1 fully saturated rings. The Balaban J connectivity index is 2.36. The molecule has 1 aromatic rings. The number of nitrogen functional groups attached to an aromatic ring is 1. The van der Waals surface area contributed by atoms with Gasteiger partial charge in [-0.15, -0.1) is 0 Å². The SMILES string of the molecule is CC1CN(S(=O)(=O)c2cc(Cl)ccc2N)CC(CO)O1. The van der Waals surface area contributed by atoms with Crippen LogP contribution in [0.5, 0.6) is 0 Å². The summed E-state index contributed by atoms with van der Waals surface area (Å²) in [5, 5.41) is 9.47. The van der Waals surface area contributed by atoms with Crippen LogP contribution in [0, 0.1) is 0 Å². The zero-order valence-electron chi connectivity index (χ0n) is 11.0. The van der Waals surface area contributed by atoms with E-state index in [2.05, 4.69) is 0 Å². The Kier molecular flexibility index (Phi) is 4.55. The number of aliphatic hydroxyl groups excluding tert-OH is 1. The topological polar surface area (TPSA) is 92.9 Å². The predicted molar refractivity (Wildman–Crippen MR) is 76.0 cm³/mol. The number of morpholine rings is 1. The second-order valence-corrected chi connectivity index (χ2v) is 7.10. The van der Waals surface area contributed by atoms with Crippen LogP contribution < -0.4 is 5.73 Å². The van der Waals surface area contributed by atoms with Crippen molar-refractivity contribution in [3.05, 3.63) is 23.2 Å². The van der Waals surface area contributed by atoms with Gasteiger partial charge in [0.2, 0.25) is 10.0 Å². The number of nitrogens with two attached hydrogens (primary N) is 1. The van der Waals surface area contributed by atoms with E-state index in [4.69, 9.17) is 27.2 Å². The highest BCUT2D eigenvalue weighted by atomic mass is 35.5. The minimum absolute atomic E-state index is 0.0178. The Morgan fingerprint density at radius 3 is 2.85 bits per heavy atom. The lowest BCUT2D eigenvalue weighted by Crippen LogP contribution is -2.50. The van der Waals surface area contributed by atoms with Crippen molar-refractivity contribution >= 4 is 27.3 Å². The number of rotatable bonds is 3. The maximum absolute atomic E-state index is 12.6. The first-order chi connectivity index (χ1) is 9.34. The van der Waals surface area contributed by atoms with Crippen molar-refractivity contribution in [2.24, 2.45) is 0 Å². The number of nitrogens with zero attached hydrogens (tertiary/aromatic N) is 1. The van der Waals surface area contributed by atoms with Gasteiger partial charge >= 0.3 is 0 Å². The van der Waals surface area contributed by atoms with Crippen molar-refractivity contribution in [3.63, 3.8) is 0 Å². The predicted octanol–water partition coefficient (Wildman–Crippen LogP) is 0.693. The fourth-order valence-electron chi connectivity index (χ4n) is 2.17. The Labute approximate surface area is 123 Å². The Morgan fingerprint density at radius 2 is 2.20 bits per heavy atom. The van der Waals surface area contributed by atoms with Crippen LogP contribution in [-0.4, -0.2) is 49.7 Å². The van der Waals surface area contributed by atoms with Gasteiger partial charge in [-0.1, -0.05) is 11.6 Å². The average molecular weight is 321 g/mol. The van der Waals surface area contributed by atoms with Crippen molar-refractivity contribution in [1.82, 2.24) is 4.31 Å². The van der Waals surface area contributed by atoms with Crippen LogP contribution in [0.3, 0.4) is 0 Å². The van der Waals surface area contributed by atoms with Crippen molar-refractivity contribution in [2.75, 3.05) is 25.4 Å². The molecule has 1 aliphatic heterocycles. The number of benzene rings is 1. The van der Waals surface area contributed by atoms with Crippen LogP contribution in [0.25, 0.3) is 0 Å². The molecule has 1 aliphatic rings. The molecule has 1 saturated heterocycles. The monoisotopic (exact) mass is 320 g/mol. The molecule has 2 rings (SSSR count). The maximum atomic E-state index is 12.6. The molecule has 112 valence electrons. The summed E-state index contributed by atoms with van der Waals surface area (Å²) in [5.74, 6) is 0. The average Bonchev–Trinajstić information content (AvgIpc) is 2.40.